The molecule has 1 N–H and O–H groups in total. The van der Waals surface area contributed by atoms with Crippen LogP contribution in [0.4, 0.5) is 0 Å². The number of aliphatic hydroxyl groups is 1. The molecule has 4 nitrogen and oxygen atoms in total. The van der Waals surface area contributed by atoms with E-state index in [0.29, 0.717) is 13.2 Å². The predicted octanol–water partition coefficient (Wildman–Crippen LogP) is 1.95. The van der Waals surface area contributed by atoms with Gasteiger partial charge >= 0.3 is 0 Å². The molecule has 4 heteroatoms. The molecule has 0 saturated carbocycles. The fourth-order valence-electron chi connectivity index (χ4n) is 2.22. The second-order valence-corrected chi connectivity index (χ2v) is 5.12. The summed E-state index contributed by atoms with van der Waals surface area (Å²) in [6.07, 6.45) is -0.441. The molecule has 1 aromatic rings. The fourth-order valence-corrected chi connectivity index (χ4v) is 2.22. The molecule has 0 bridgehead atoms. The van der Waals surface area contributed by atoms with Crippen molar-refractivity contribution in [3.05, 3.63) is 35.9 Å². The molecule has 1 rings (SSSR count). The number of hydrogen-bond donors (Lipinski definition) is 1. The van der Waals surface area contributed by atoms with Gasteiger partial charge in [-0.3, -0.25) is 4.90 Å². The highest BCUT2D eigenvalue weighted by Crippen LogP contribution is 2.22. The normalized spacial score (nSPS) is 14.4. The second-order valence-electron chi connectivity index (χ2n) is 5.12. The van der Waals surface area contributed by atoms with E-state index in [2.05, 4.69) is 11.8 Å². The van der Waals surface area contributed by atoms with Crippen LogP contribution in [-0.2, 0) is 9.47 Å². The molecular weight excluding hydrogens is 254 g/mol. The molecule has 0 amide bonds. The minimum absolute atomic E-state index is 0.158. The summed E-state index contributed by atoms with van der Waals surface area (Å²) >= 11 is 0. The summed E-state index contributed by atoms with van der Waals surface area (Å²) < 4.78 is 10.3. The van der Waals surface area contributed by atoms with Crippen LogP contribution < -0.4 is 0 Å². The molecule has 0 heterocycles. The van der Waals surface area contributed by atoms with Crippen molar-refractivity contribution in [3.63, 3.8) is 0 Å². The Morgan fingerprint density at radius 1 is 1.05 bits per heavy atom. The average Bonchev–Trinajstić information content (AvgIpc) is 2.49. The number of methoxy groups -OCH3 is 2. The van der Waals surface area contributed by atoms with Crippen LogP contribution in [0.15, 0.2) is 30.3 Å². The zero-order valence-corrected chi connectivity index (χ0v) is 12.8. The lowest BCUT2D eigenvalue weighted by Gasteiger charge is -2.28. The smallest absolute Gasteiger partial charge is 0.0827 e. The fraction of sp³-hybridized carbons (Fsp3) is 0.625. The van der Waals surface area contributed by atoms with Gasteiger partial charge in [-0.2, -0.15) is 0 Å². The lowest BCUT2D eigenvalue weighted by atomic mass is 9.97. The van der Waals surface area contributed by atoms with Crippen molar-refractivity contribution in [2.24, 2.45) is 5.92 Å². The van der Waals surface area contributed by atoms with Crippen LogP contribution >= 0.6 is 0 Å². The van der Waals surface area contributed by atoms with Gasteiger partial charge in [0.1, 0.15) is 0 Å². The molecule has 20 heavy (non-hydrogen) atoms. The molecule has 2 atom stereocenters. The summed E-state index contributed by atoms with van der Waals surface area (Å²) in [4.78, 5) is 2.27. The largest absolute Gasteiger partial charge is 0.388 e. The third kappa shape index (κ3) is 6.01. The second kappa shape index (κ2) is 9.88. The quantitative estimate of drug-likeness (QED) is 0.712. The molecule has 0 fully saturated rings. The number of rotatable bonds is 10. The Morgan fingerprint density at radius 2 is 1.60 bits per heavy atom. The van der Waals surface area contributed by atoms with Gasteiger partial charge in [0.05, 0.1) is 19.3 Å². The molecule has 0 saturated heterocycles. The molecule has 0 aliphatic carbocycles. The lowest BCUT2D eigenvalue weighted by molar-refractivity contribution is 0.0630. The SMILES string of the molecule is COCCN(CCOC)CC(C)C(O)c1ccccc1. The molecule has 0 aliphatic rings. The number of nitrogens with zero attached hydrogens (tertiary/aromatic N) is 1. The van der Waals surface area contributed by atoms with Crippen molar-refractivity contribution in [1.82, 2.24) is 4.90 Å². The summed E-state index contributed by atoms with van der Waals surface area (Å²) in [6.45, 7) is 5.99. The van der Waals surface area contributed by atoms with Crippen LogP contribution in [0.1, 0.15) is 18.6 Å². The first kappa shape index (κ1) is 17.1. The van der Waals surface area contributed by atoms with Crippen molar-refractivity contribution in [1.29, 1.82) is 0 Å². The Bertz CT molecular complexity index is 337. The van der Waals surface area contributed by atoms with Gasteiger partial charge in [-0.05, 0) is 11.5 Å². The average molecular weight is 281 g/mol. The molecule has 0 aromatic heterocycles. The van der Waals surface area contributed by atoms with E-state index < -0.39 is 6.10 Å². The van der Waals surface area contributed by atoms with E-state index in [1.807, 2.05) is 30.3 Å². The Kier molecular flexibility index (Phi) is 8.46. The van der Waals surface area contributed by atoms with E-state index in [1.54, 1.807) is 14.2 Å². The van der Waals surface area contributed by atoms with Crippen molar-refractivity contribution >= 4 is 0 Å². The van der Waals surface area contributed by atoms with Crippen LogP contribution in [0.25, 0.3) is 0 Å². The summed E-state index contributed by atoms with van der Waals surface area (Å²) in [5.74, 6) is 0.158. The van der Waals surface area contributed by atoms with Gasteiger partial charge in [0.15, 0.2) is 0 Å². The topological polar surface area (TPSA) is 41.9 Å². The lowest BCUT2D eigenvalue weighted by Crippen LogP contribution is -2.36. The zero-order chi connectivity index (χ0) is 14.8. The molecular formula is C16H27NO3. The number of aliphatic hydroxyl groups excluding tert-OH is 1. The summed E-state index contributed by atoms with van der Waals surface area (Å²) in [5.41, 5.74) is 0.971. The van der Waals surface area contributed by atoms with Crippen molar-refractivity contribution in [3.8, 4) is 0 Å². The highest BCUT2D eigenvalue weighted by Gasteiger charge is 2.19. The van der Waals surface area contributed by atoms with Crippen LogP contribution in [-0.4, -0.2) is 57.1 Å². The van der Waals surface area contributed by atoms with E-state index in [9.17, 15) is 5.11 Å². The van der Waals surface area contributed by atoms with E-state index in [-0.39, 0.29) is 5.92 Å². The number of benzene rings is 1. The van der Waals surface area contributed by atoms with Crippen molar-refractivity contribution in [2.75, 3.05) is 47.1 Å². The number of ether oxygens (including phenoxy) is 2. The van der Waals surface area contributed by atoms with E-state index >= 15 is 0 Å². The number of hydrogen-bond acceptors (Lipinski definition) is 4. The molecule has 1 aromatic carbocycles. The maximum atomic E-state index is 10.4. The first-order chi connectivity index (χ1) is 9.69. The molecule has 114 valence electrons. The van der Waals surface area contributed by atoms with E-state index in [0.717, 1.165) is 25.2 Å². The van der Waals surface area contributed by atoms with Gasteiger partial charge in [0.2, 0.25) is 0 Å². The van der Waals surface area contributed by atoms with E-state index in [4.69, 9.17) is 9.47 Å². The molecule has 0 spiro atoms. The first-order valence-corrected chi connectivity index (χ1v) is 7.12. The van der Waals surface area contributed by atoms with Gasteiger partial charge in [0.25, 0.3) is 0 Å². The van der Waals surface area contributed by atoms with Gasteiger partial charge < -0.3 is 14.6 Å². The Morgan fingerprint density at radius 3 is 2.10 bits per heavy atom. The highest BCUT2D eigenvalue weighted by molar-refractivity contribution is 5.17. The van der Waals surface area contributed by atoms with Crippen molar-refractivity contribution in [2.45, 2.75) is 13.0 Å². The van der Waals surface area contributed by atoms with Crippen LogP contribution in [0.3, 0.4) is 0 Å². The summed E-state index contributed by atoms with van der Waals surface area (Å²) in [6, 6.07) is 9.81. The zero-order valence-electron chi connectivity index (χ0n) is 12.8. The minimum atomic E-state index is -0.441. The maximum Gasteiger partial charge on any atom is 0.0827 e. The van der Waals surface area contributed by atoms with Crippen LogP contribution in [0.5, 0.6) is 0 Å². The third-order valence-electron chi connectivity index (χ3n) is 3.45. The molecule has 0 aliphatic heterocycles. The maximum absolute atomic E-state index is 10.4. The Balaban J connectivity index is 2.52. The Hall–Kier alpha value is -0.940. The van der Waals surface area contributed by atoms with Crippen LogP contribution in [0, 0.1) is 5.92 Å². The van der Waals surface area contributed by atoms with Gasteiger partial charge in [-0.25, -0.2) is 0 Å². The minimum Gasteiger partial charge on any atom is -0.388 e. The van der Waals surface area contributed by atoms with Gasteiger partial charge in [-0.15, -0.1) is 0 Å². The van der Waals surface area contributed by atoms with E-state index in [1.165, 1.54) is 0 Å². The first-order valence-electron chi connectivity index (χ1n) is 7.12. The van der Waals surface area contributed by atoms with Crippen molar-refractivity contribution < 1.29 is 14.6 Å². The molecule has 2 unspecified atom stereocenters. The highest BCUT2D eigenvalue weighted by atomic mass is 16.5. The summed E-state index contributed by atoms with van der Waals surface area (Å²) in [7, 11) is 3.41. The monoisotopic (exact) mass is 281 g/mol. The third-order valence-corrected chi connectivity index (χ3v) is 3.45. The van der Waals surface area contributed by atoms with Gasteiger partial charge in [-0.1, -0.05) is 37.3 Å². The molecule has 0 radical (unpaired) electrons. The standard InChI is InChI=1S/C16H27NO3/c1-14(16(18)15-7-5-4-6-8-15)13-17(9-11-19-2)10-12-20-3/h4-8,14,16,18H,9-13H2,1-3H3. The Labute approximate surface area is 122 Å². The summed E-state index contributed by atoms with van der Waals surface area (Å²) in [5, 5.41) is 10.4. The predicted molar refractivity (Wildman–Crippen MR) is 80.8 cm³/mol. The van der Waals surface area contributed by atoms with Crippen LogP contribution in [0.2, 0.25) is 0 Å². The van der Waals surface area contributed by atoms with Gasteiger partial charge in [0, 0.05) is 33.9 Å².